The van der Waals surface area contributed by atoms with Crippen LogP contribution in [0, 0.1) is 13.8 Å². The van der Waals surface area contributed by atoms with Gasteiger partial charge in [0.25, 0.3) is 5.91 Å². The molecule has 2 N–H and O–H groups in total. The summed E-state index contributed by atoms with van der Waals surface area (Å²) in [6, 6.07) is 20.4. The molecule has 0 aliphatic heterocycles. The third kappa shape index (κ3) is 5.28. The number of halogens is 1. The summed E-state index contributed by atoms with van der Waals surface area (Å²) in [6.07, 6.45) is 0.653. The number of nitrogens with one attached hydrogen (secondary N) is 2. The summed E-state index contributed by atoms with van der Waals surface area (Å²) in [7, 11) is 0. The minimum Gasteiger partial charge on any atom is -0.324 e. The molecule has 3 aromatic carbocycles. The number of aryl methyl sites for hydroxylation is 2. The molecular formula is C25H25ClN2O2. The topological polar surface area (TPSA) is 58.2 Å². The summed E-state index contributed by atoms with van der Waals surface area (Å²) in [4.78, 5) is 25.6. The smallest absolute Gasteiger partial charge is 0.255 e. The number of anilines is 2. The van der Waals surface area contributed by atoms with Gasteiger partial charge in [-0.3, -0.25) is 9.59 Å². The van der Waals surface area contributed by atoms with Gasteiger partial charge < -0.3 is 10.6 Å². The largest absolute Gasteiger partial charge is 0.324 e. The van der Waals surface area contributed by atoms with E-state index in [0.717, 1.165) is 22.4 Å². The molecule has 3 rings (SSSR count). The maximum atomic E-state index is 12.9. The quantitative estimate of drug-likeness (QED) is 0.488. The molecule has 2 amide bonds. The highest BCUT2D eigenvalue weighted by Gasteiger charge is 2.20. The zero-order valence-corrected chi connectivity index (χ0v) is 18.1. The minimum absolute atomic E-state index is 0.155. The monoisotopic (exact) mass is 420 g/mol. The van der Waals surface area contributed by atoms with E-state index in [1.165, 1.54) is 0 Å². The van der Waals surface area contributed by atoms with Crippen molar-refractivity contribution in [3.63, 3.8) is 0 Å². The third-order valence-electron chi connectivity index (χ3n) is 4.89. The summed E-state index contributed by atoms with van der Waals surface area (Å²) < 4.78 is 0. The van der Waals surface area contributed by atoms with Gasteiger partial charge in [-0.2, -0.15) is 0 Å². The highest BCUT2D eigenvalue weighted by atomic mass is 35.5. The van der Waals surface area contributed by atoms with Crippen LogP contribution in [-0.2, 0) is 4.79 Å². The lowest BCUT2D eigenvalue weighted by molar-refractivity contribution is -0.117. The molecule has 0 fully saturated rings. The second-order valence-electron chi connectivity index (χ2n) is 7.39. The van der Waals surface area contributed by atoms with Crippen LogP contribution < -0.4 is 10.6 Å². The number of rotatable bonds is 6. The SMILES string of the molecule is CC[C@H](C(=O)Nc1cc(C(=O)Nc2cc(C)cc(C)c2)ccc1Cl)c1ccccc1. The zero-order valence-electron chi connectivity index (χ0n) is 17.3. The van der Waals surface area contributed by atoms with E-state index in [1.807, 2.05) is 69.3 Å². The van der Waals surface area contributed by atoms with E-state index in [1.54, 1.807) is 18.2 Å². The molecule has 0 saturated heterocycles. The standard InChI is InChI=1S/C25H25ClN2O2/c1-4-21(18-8-6-5-7-9-18)25(30)28-23-15-19(10-11-22(23)26)24(29)27-20-13-16(2)12-17(3)14-20/h5-15,21H,4H2,1-3H3,(H,27,29)(H,28,30)/t21-/m0/s1. The number of carbonyl (C=O) groups excluding carboxylic acids is 2. The van der Waals surface area contributed by atoms with Crippen LogP contribution in [0.2, 0.25) is 5.02 Å². The Hall–Kier alpha value is -3.11. The van der Waals surface area contributed by atoms with Crippen molar-refractivity contribution in [3.8, 4) is 0 Å². The van der Waals surface area contributed by atoms with E-state index < -0.39 is 0 Å². The van der Waals surface area contributed by atoms with Crippen LogP contribution in [0.15, 0.2) is 66.7 Å². The van der Waals surface area contributed by atoms with Crippen molar-refractivity contribution in [2.24, 2.45) is 0 Å². The fraction of sp³-hybridized carbons (Fsp3) is 0.200. The van der Waals surface area contributed by atoms with Gasteiger partial charge in [0, 0.05) is 11.3 Å². The van der Waals surface area contributed by atoms with Crippen molar-refractivity contribution < 1.29 is 9.59 Å². The first-order valence-corrected chi connectivity index (χ1v) is 10.3. The van der Waals surface area contributed by atoms with Crippen LogP contribution >= 0.6 is 11.6 Å². The summed E-state index contributed by atoms with van der Waals surface area (Å²) in [6.45, 7) is 5.93. The molecule has 0 unspecified atom stereocenters. The van der Waals surface area contributed by atoms with Crippen LogP contribution in [0.25, 0.3) is 0 Å². The van der Waals surface area contributed by atoms with Crippen molar-refractivity contribution in [2.75, 3.05) is 10.6 Å². The summed E-state index contributed by atoms with van der Waals surface area (Å²) in [5.41, 5.74) is 4.65. The molecule has 4 nitrogen and oxygen atoms in total. The van der Waals surface area contributed by atoms with Crippen LogP contribution in [0.4, 0.5) is 11.4 Å². The highest BCUT2D eigenvalue weighted by Crippen LogP contribution is 2.27. The molecule has 0 aliphatic rings. The van der Waals surface area contributed by atoms with Gasteiger partial charge in [0.1, 0.15) is 0 Å². The average molecular weight is 421 g/mol. The van der Waals surface area contributed by atoms with Crippen LogP contribution in [-0.4, -0.2) is 11.8 Å². The molecule has 154 valence electrons. The Morgan fingerprint density at radius 3 is 2.20 bits per heavy atom. The van der Waals surface area contributed by atoms with E-state index >= 15 is 0 Å². The van der Waals surface area contributed by atoms with E-state index in [2.05, 4.69) is 10.6 Å². The first-order chi connectivity index (χ1) is 14.4. The lowest BCUT2D eigenvalue weighted by Gasteiger charge is -2.17. The maximum Gasteiger partial charge on any atom is 0.255 e. The Morgan fingerprint density at radius 2 is 1.57 bits per heavy atom. The Morgan fingerprint density at radius 1 is 0.900 bits per heavy atom. The zero-order chi connectivity index (χ0) is 21.7. The van der Waals surface area contributed by atoms with Crippen molar-refractivity contribution in [1.82, 2.24) is 0 Å². The lowest BCUT2D eigenvalue weighted by atomic mass is 9.95. The van der Waals surface area contributed by atoms with Gasteiger partial charge in [-0.1, -0.05) is 54.9 Å². The lowest BCUT2D eigenvalue weighted by Crippen LogP contribution is -2.21. The van der Waals surface area contributed by atoms with Crippen molar-refractivity contribution in [3.05, 3.63) is 94.0 Å². The molecule has 0 spiro atoms. The number of benzene rings is 3. The number of hydrogen-bond donors (Lipinski definition) is 2. The maximum absolute atomic E-state index is 12.9. The summed E-state index contributed by atoms with van der Waals surface area (Å²) in [5, 5.41) is 6.17. The molecule has 0 aromatic heterocycles. The van der Waals surface area contributed by atoms with Gasteiger partial charge in [-0.25, -0.2) is 0 Å². The second kappa shape index (κ2) is 9.59. The first kappa shape index (κ1) is 21.6. The van der Waals surface area contributed by atoms with Crippen LogP contribution in [0.1, 0.15) is 46.3 Å². The van der Waals surface area contributed by atoms with Crippen LogP contribution in [0.5, 0.6) is 0 Å². The molecule has 0 saturated carbocycles. The fourth-order valence-electron chi connectivity index (χ4n) is 3.49. The van der Waals surface area contributed by atoms with E-state index in [9.17, 15) is 9.59 Å². The Kier molecular flexibility index (Phi) is 6.91. The van der Waals surface area contributed by atoms with Crippen molar-refractivity contribution in [2.45, 2.75) is 33.1 Å². The van der Waals surface area contributed by atoms with Crippen molar-refractivity contribution >= 4 is 34.8 Å². The average Bonchev–Trinajstić information content (AvgIpc) is 2.70. The fourth-order valence-corrected chi connectivity index (χ4v) is 3.65. The number of hydrogen-bond acceptors (Lipinski definition) is 2. The number of amides is 2. The van der Waals surface area contributed by atoms with E-state index in [0.29, 0.717) is 22.7 Å². The first-order valence-electron chi connectivity index (χ1n) is 9.92. The Balaban J connectivity index is 1.79. The van der Waals surface area contributed by atoms with Crippen LogP contribution in [0.3, 0.4) is 0 Å². The van der Waals surface area contributed by atoms with E-state index in [-0.39, 0.29) is 17.7 Å². The Labute approximate surface area is 182 Å². The molecule has 0 bridgehead atoms. The molecule has 0 radical (unpaired) electrons. The molecule has 0 aliphatic carbocycles. The van der Waals surface area contributed by atoms with E-state index in [4.69, 9.17) is 11.6 Å². The molecule has 3 aromatic rings. The van der Waals surface area contributed by atoms with Gasteiger partial charge in [0.15, 0.2) is 0 Å². The van der Waals surface area contributed by atoms with Crippen molar-refractivity contribution in [1.29, 1.82) is 0 Å². The third-order valence-corrected chi connectivity index (χ3v) is 5.22. The Bertz CT molecular complexity index is 1040. The van der Waals surface area contributed by atoms with Gasteiger partial charge in [-0.15, -0.1) is 0 Å². The predicted octanol–water partition coefficient (Wildman–Crippen LogP) is 6.34. The highest BCUT2D eigenvalue weighted by molar-refractivity contribution is 6.34. The van der Waals surface area contributed by atoms with Gasteiger partial charge >= 0.3 is 0 Å². The normalized spacial score (nSPS) is 11.6. The van der Waals surface area contributed by atoms with Gasteiger partial charge in [0.2, 0.25) is 5.91 Å². The minimum atomic E-state index is -0.296. The molecule has 30 heavy (non-hydrogen) atoms. The molecular weight excluding hydrogens is 396 g/mol. The molecule has 0 heterocycles. The van der Waals surface area contributed by atoms with Gasteiger partial charge in [0.05, 0.1) is 16.6 Å². The summed E-state index contributed by atoms with van der Waals surface area (Å²) in [5.74, 6) is -0.713. The molecule has 5 heteroatoms. The molecule has 1 atom stereocenters. The van der Waals surface area contributed by atoms with Gasteiger partial charge in [-0.05, 0) is 67.3 Å². The summed E-state index contributed by atoms with van der Waals surface area (Å²) >= 11 is 6.29. The number of carbonyl (C=O) groups is 2. The second-order valence-corrected chi connectivity index (χ2v) is 7.79. The predicted molar refractivity (Wildman–Crippen MR) is 123 cm³/mol.